The second-order valence-corrected chi connectivity index (χ2v) is 4.64. The predicted octanol–water partition coefficient (Wildman–Crippen LogP) is 3.22. The molecule has 1 aromatic carbocycles. The van der Waals surface area contributed by atoms with Gasteiger partial charge in [-0.05, 0) is 49.4 Å². The first-order valence-electron chi connectivity index (χ1n) is 5.30. The number of hydrogen-bond donors (Lipinski definition) is 1. The maximum atomic E-state index is 12.6. The Bertz CT molecular complexity index is 407. The summed E-state index contributed by atoms with van der Waals surface area (Å²) in [7, 11) is 0. The lowest BCUT2D eigenvalue weighted by atomic mass is 9.78. The van der Waals surface area contributed by atoms with E-state index in [-0.39, 0.29) is 0 Å². The number of hydrogen-bond acceptors (Lipinski definition) is 1. The maximum absolute atomic E-state index is 12.6. The van der Waals surface area contributed by atoms with Crippen LogP contribution in [0.15, 0.2) is 18.2 Å². The Kier molecular flexibility index (Phi) is 2.49. The Morgan fingerprint density at radius 3 is 2.62 bits per heavy atom. The molecule has 0 saturated heterocycles. The SMILES string of the molecule is CC1(N)CCCc2ccc(C(F)(F)F)cc21. The first-order chi connectivity index (χ1) is 7.31. The van der Waals surface area contributed by atoms with E-state index in [0.29, 0.717) is 5.56 Å². The lowest BCUT2D eigenvalue weighted by molar-refractivity contribution is -0.137. The summed E-state index contributed by atoms with van der Waals surface area (Å²) in [5, 5.41) is 0. The van der Waals surface area contributed by atoms with E-state index in [1.165, 1.54) is 6.07 Å². The molecule has 0 fully saturated rings. The van der Waals surface area contributed by atoms with Crippen LogP contribution in [0.2, 0.25) is 0 Å². The fourth-order valence-corrected chi connectivity index (χ4v) is 2.28. The highest BCUT2D eigenvalue weighted by Gasteiger charge is 2.34. The second kappa shape index (κ2) is 3.48. The van der Waals surface area contributed by atoms with Gasteiger partial charge in [-0.2, -0.15) is 13.2 Å². The lowest BCUT2D eigenvalue weighted by Gasteiger charge is -2.32. The fraction of sp³-hybridized carbons (Fsp3) is 0.500. The number of rotatable bonds is 0. The molecular formula is C12H14F3N. The summed E-state index contributed by atoms with van der Waals surface area (Å²) < 4.78 is 37.7. The van der Waals surface area contributed by atoms with Crippen LogP contribution in [0.5, 0.6) is 0 Å². The molecule has 4 heteroatoms. The van der Waals surface area contributed by atoms with E-state index >= 15 is 0 Å². The first kappa shape index (κ1) is 11.5. The Morgan fingerprint density at radius 2 is 2.00 bits per heavy atom. The summed E-state index contributed by atoms with van der Waals surface area (Å²) in [6.45, 7) is 1.80. The molecule has 0 saturated carbocycles. The first-order valence-corrected chi connectivity index (χ1v) is 5.30. The standard InChI is InChI=1S/C12H14F3N/c1-11(16)6-2-3-8-4-5-9(7-10(8)11)12(13,14)15/h4-5,7H,2-3,6,16H2,1H3. The zero-order valence-corrected chi connectivity index (χ0v) is 9.06. The molecule has 1 atom stereocenters. The van der Waals surface area contributed by atoms with Crippen molar-refractivity contribution in [1.29, 1.82) is 0 Å². The Hall–Kier alpha value is -1.03. The van der Waals surface area contributed by atoms with Crippen molar-refractivity contribution in [2.45, 2.75) is 37.9 Å². The van der Waals surface area contributed by atoms with E-state index in [0.717, 1.165) is 30.9 Å². The van der Waals surface area contributed by atoms with Gasteiger partial charge in [0.2, 0.25) is 0 Å². The highest BCUT2D eigenvalue weighted by atomic mass is 19.4. The third kappa shape index (κ3) is 1.94. The predicted molar refractivity (Wildman–Crippen MR) is 55.9 cm³/mol. The van der Waals surface area contributed by atoms with Gasteiger partial charge in [0.05, 0.1) is 5.56 Å². The minimum atomic E-state index is -4.29. The average Bonchev–Trinajstić information content (AvgIpc) is 2.15. The normalized spacial score (nSPS) is 25.3. The number of fused-ring (bicyclic) bond motifs is 1. The highest BCUT2D eigenvalue weighted by Crippen LogP contribution is 2.37. The summed E-state index contributed by atoms with van der Waals surface area (Å²) in [6, 6.07) is 3.90. The van der Waals surface area contributed by atoms with Crippen LogP contribution in [0, 0.1) is 0 Å². The zero-order chi connectivity index (χ0) is 12.0. The molecule has 1 nitrogen and oxygen atoms in total. The van der Waals surface area contributed by atoms with Crippen molar-refractivity contribution in [3.63, 3.8) is 0 Å². The number of benzene rings is 1. The molecule has 1 aliphatic rings. The van der Waals surface area contributed by atoms with Crippen molar-refractivity contribution < 1.29 is 13.2 Å². The maximum Gasteiger partial charge on any atom is 0.416 e. The van der Waals surface area contributed by atoms with Crippen molar-refractivity contribution in [1.82, 2.24) is 0 Å². The van der Waals surface area contributed by atoms with E-state index in [2.05, 4.69) is 0 Å². The summed E-state index contributed by atoms with van der Waals surface area (Å²) in [6.07, 6.45) is -1.80. The quantitative estimate of drug-likeness (QED) is 0.726. The van der Waals surface area contributed by atoms with Gasteiger partial charge < -0.3 is 5.73 Å². The number of alkyl halides is 3. The van der Waals surface area contributed by atoms with E-state index in [1.54, 1.807) is 13.0 Å². The van der Waals surface area contributed by atoms with Crippen molar-refractivity contribution in [2.24, 2.45) is 5.73 Å². The molecule has 0 radical (unpaired) electrons. The van der Waals surface area contributed by atoms with Gasteiger partial charge in [0, 0.05) is 5.54 Å². The Balaban J connectivity index is 2.52. The van der Waals surface area contributed by atoms with Gasteiger partial charge >= 0.3 is 6.18 Å². The summed E-state index contributed by atoms with van der Waals surface area (Å²) in [5.41, 5.74) is 6.39. The molecule has 1 aromatic rings. The molecule has 1 unspecified atom stereocenters. The number of halogens is 3. The van der Waals surface area contributed by atoms with Crippen LogP contribution in [0.1, 0.15) is 36.5 Å². The molecule has 0 spiro atoms. The van der Waals surface area contributed by atoms with Gasteiger partial charge in [-0.3, -0.25) is 0 Å². The minimum Gasteiger partial charge on any atom is -0.322 e. The minimum absolute atomic E-state index is 0.607. The summed E-state index contributed by atoms with van der Waals surface area (Å²) in [5.74, 6) is 0. The van der Waals surface area contributed by atoms with Gasteiger partial charge in [-0.15, -0.1) is 0 Å². The molecule has 0 aliphatic heterocycles. The van der Waals surface area contributed by atoms with Crippen LogP contribution in [0.25, 0.3) is 0 Å². The Morgan fingerprint density at radius 1 is 1.31 bits per heavy atom. The molecule has 16 heavy (non-hydrogen) atoms. The summed E-state index contributed by atoms with van der Waals surface area (Å²) in [4.78, 5) is 0. The van der Waals surface area contributed by atoms with Gasteiger partial charge in [-0.1, -0.05) is 6.07 Å². The van der Waals surface area contributed by atoms with Crippen molar-refractivity contribution in [2.75, 3.05) is 0 Å². The van der Waals surface area contributed by atoms with Crippen LogP contribution >= 0.6 is 0 Å². The number of nitrogens with two attached hydrogens (primary N) is 1. The van der Waals surface area contributed by atoms with Gasteiger partial charge in [0.25, 0.3) is 0 Å². The van der Waals surface area contributed by atoms with Gasteiger partial charge in [-0.25, -0.2) is 0 Å². The average molecular weight is 229 g/mol. The fourth-order valence-electron chi connectivity index (χ4n) is 2.28. The zero-order valence-electron chi connectivity index (χ0n) is 9.06. The molecule has 88 valence electrons. The van der Waals surface area contributed by atoms with E-state index in [1.807, 2.05) is 0 Å². The Labute approximate surface area is 92.5 Å². The topological polar surface area (TPSA) is 26.0 Å². The molecule has 0 amide bonds. The molecule has 2 N–H and O–H groups in total. The van der Waals surface area contributed by atoms with Crippen LogP contribution in [-0.2, 0) is 18.1 Å². The van der Waals surface area contributed by atoms with E-state index in [9.17, 15) is 13.2 Å². The molecule has 1 aliphatic carbocycles. The lowest BCUT2D eigenvalue weighted by Crippen LogP contribution is -2.37. The summed E-state index contributed by atoms with van der Waals surface area (Å²) >= 11 is 0. The second-order valence-electron chi connectivity index (χ2n) is 4.64. The molecule has 0 bridgehead atoms. The van der Waals surface area contributed by atoms with Crippen molar-refractivity contribution >= 4 is 0 Å². The molecule has 2 rings (SSSR count). The third-order valence-corrected chi connectivity index (χ3v) is 3.19. The van der Waals surface area contributed by atoms with Gasteiger partial charge in [0.15, 0.2) is 0 Å². The van der Waals surface area contributed by atoms with E-state index in [4.69, 9.17) is 5.73 Å². The third-order valence-electron chi connectivity index (χ3n) is 3.19. The largest absolute Gasteiger partial charge is 0.416 e. The van der Waals surface area contributed by atoms with Crippen LogP contribution in [0.4, 0.5) is 13.2 Å². The highest BCUT2D eigenvalue weighted by molar-refractivity contribution is 5.39. The van der Waals surface area contributed by atoms with Crippen molar-refractivity contribution in [3.05, 3.63) is 34.9 Å². The van der Waals surface area contributed by atoms with Crippen molar-refractivity contribution in [3.8, 4) is 0 Å². The van der Waals surface area contributed by atoms with Crippen LogP contribution in [-0.4, -0.2) is 0 Å². The van der Waals surface area contributed by atoms with Gasteiger partial charge in [0.1, 0.15) is 0 Å². The van der Waals surface area contributed by atoms with Crippen LogP contribution in [0.3, 0.4) is 0 Å². The van der Waals surface area contributed by atoms with E-state index < -0.39 is 17.3 Å². The smallest absolute Gasteiger partial charge is 0.322 e. The molecule has 0 aromatic heterocycles. The monoisotopic (exact) mass is 229 g/mol. The molecular weight excluding hydrogens is 215 g/mol. The number of aryl methyl sites for hydroxylation is 1. The molecule has 0 heterocycles. The van der Waals surface area contributed by atoms with Crippen LogP contribution < -0.4 is 5.73 Å².